The standard InChI is InChI=1S/C16H27NO2S/c1-7-17-12(11-20-16(2,3)4)15-13(18-5)9-8-10-14(15)19-6/h8-10,12,17H,7,11H2,1-6H3. The maximum Gasteiger partial charge on any atom is 0.127 e. The molecule has 0 saturated heterocycles. The molecule has 1 atom stereocenters. The maximum atomic E-state index is 5.52. The van der Waals surface area contributed by atoms with Crippen LogP contribution < -0.4 is 14.8 Å². The predicted octanol–water partition coefficient (Wildman–Crippen LogP) is 3.89. The van der Waals surface area contributed by atoms with Crippen LogP contribution in [0.5, 0.6) is 11.5 Å². The molecule has 0 aromatic heterocycles. The van der Waals surface area contributed by atoms with E-state index in [1.807, 2.05) is 30.0 Å². The molecular weight excluding hydrogens is 270 g/mol. The lowest BCUT2D eigenvalue weighted by Gasteiger charge is -2.26. The van der Waals surface area contributed by atoms with Gasteiger partial charge in [0.1, 0.15) is 11.5 Å². The van der Waals surface area contributed by atoms with Crippen molar-refractivity contribution >= 4 is 11.8 Å². The first kappa shape index (κ1) is 17.2. The van der Waals surface area contributed by atoms with Crippen LogP contribution in [0.15, 0.2) is 18.2 Å². The number of hydrogen-bond acceptors (Lipinski definition) is 4. The van der Waals surface area contributed by atoms with Crippen molar-refractivity contribution in [2.75, 3.05) is 26.5 Å². The van der Waals surface area contributed by atoms with Gasteiger partial charge in [-0.2, -0.15) is 11.8 Å². The fraction of sp³-hybridized carbons (Fsp3) is 0.625. The van der Waals surface area contributed by atoms with Crippen LogP contribution in [0.1, 0.15) is 39.3 Å². The van der Waals surface area contributed by atoms with E-state index in [0.29, 0.717) is 0 Å². The molecule has 1 aromatic rings. The van der Waals surface area contributed by atoms with Crippen molar-refractivity contribution in [1.82, 2.24) is 5.32 Å². The zero-order valence-electron chi connectivity index (χ0n) is 13.4. The van der Waals surface area contributed by atoms with Gasteiger partial charge < -0.3 is 14.8 Å². The molecule has 0 bridgehead atoms. The Balaban J connectivity index is 3.06. The molecule has 114 valence electrons. The molecule has 1 rings (SSSR count). The topological polar surface area (TPSA) is 30.5 Å². The fourth-order valence-electron chi connectivity index (χ4n) is 2.05. The monoisotopic (exact) mass is 297 g/mol. The molecule has 0 amide bonds. The van der Waals surface area contributed by atoms with Crippen LogP contribution in [-0.4, -0.2) is 31.3 Å². The van der Waals surface area contributed by atoms with E-state index >= 15 is 0 Å². The Bertz CT molecular complexity index is 393. The lowest BCUT2D eigenvalue weighted by atomic mass is 10.1. The molecule has 4 heteroatoms. The molecule has 0 heterocycles. The quantitative estimate of drug-likeness (QED) is 0.827. The summed E-state index contributed by atoms with van der Waals surface area (Å²) >= 11 is 1.94. The third-order valence-electron chi connectivity index (χ3n) is 2.95. The molecule has 0 aliphatic heterocycles. The second-order valence-corrected chi connectivity index (χ2v) is 7.46. The number of methoxy groups -OCH3 is 2. The molecule has 0 aliphatic rings. The van der Waals surface area contributed by atoms with Crippen LogP contribution in [0.3, 0.4) is 0 Å². The van der Waals surface area contributed by atoms with Crippen molar-refractivity contribution in [3.05, 3.63) is 23.8 Å². The Kier molecular flexibility index (Phi) is 6.69. The maximum absolute atomic E-state index is 5.52. The Labute approximate surface area is 127 Å². The van der Waals surface area contributed by atoms with Crippen LogP contribution in [-0.2, 0) is 0 Å². The Hall–Kier alpha value is -0.870. The summed E-state index contributed by atoms with van der Waals surface area (Å²) in [6.45, 7) is 9.74. The first-order chi connectivity index (χ1) is 9.42. The van der Waals surface area contributed by atoms with Gasteiger partial charge in [-0.1, -0.05) is 33.8 Å². The number of benzene rings is 1. The zero-order valence-corrected chi connectivity index (χ0v) is 14.3. The van der Waals surface area contributed by atoms with Gasteiger partial charge in [-0.15, -0.1) is 0 Å². The molecule has 0 saturated carbocycles. The largest absolute Gasteiger partial charge is 0.496 e. The van der Waals surface area contributed by atoms with Gasteiger partial charge in [-0.3, -0.25) is 0 Å². The van der Waals surface area contributed by atoms with Crippen LogP contribution in [0.4, 0.5) is 0 Å². The van der Waals surface area contributed by atoms with Gasteiger partial charge in [0, 0.05) is 16.5 Å². The average Bonchev–Trinajstić information content (AvgIpc) is 2.41. The van der Waals surface area contributed by atoms with E-state index < -0.39 is 0 Å². The first-order valence-electron chi connectivity index (χ1n) is 7.01. The van der Waals surface area contributed by atoms with Crippen LogP contribution in [0.2, 0.25) is 0 Å². The Morgan fingerprint density at radius 3 is 2.10 bits per heavy atom. The smallest absolute Gasteiger partial charge is 0.127 e. The number of ether oxygens (including phenoxy) is 2. The van der Waals surface area contributed by atoms with Gasteiger partial charge >= 0.3 is 0 Å². The summed E-state index contributed by atoms with van der Waals surface area (Å²) in [5.41, 5.74) is 1.11. The van der Waals surface area contributed by atoms with Gasteiger partial charge in [0.25, 0.3) is 0 Å². The highest BCUT2D eigenvalue weighted by molar-refractivity contribution is 8.00. The number of thioether (sulfide) groups is 1. The van der Waals surface area contributed by atoms with E-state index in [2.05, 4.69) is 33.0 Å². The fourth-order valence-corrected chi connectivity index (χ4v) is 3.00. The molecule has 0 spiro atoms. The summed E-state index contributed by atoms with van der Waals surface area (Å²) in [4.78, 5) is 0. The predicted molar refractivity (Wildman–Crippen MR) is 88.2 cm³/mol. The minimum absolute atomic E-state index is 0.218. The number of rotatable bonds is 7. The van der Waals surface area contributed by atoms with E-state index in [9.17, 15) is 0 Å². The molecule has 0 radical (unpaired) electrons. The van der Waals surface area contributed by atoms with E-state index in [4.69, 9.17) is 9.47 Å². The van der Waals surface area contributed by atoms with Gasteiger partial charge in [0.05, 0.1) is 19.8 Å². The third kappa shape index (κ3) is 4.91. The van der Waals surface area contributed by atoms with Crippen molar-refractivity contribution < 1.29 is 9.47 Å². The van der Waals surface area contributed by atoms with E-state index in [1.165, 1.54) is 0 Å². The number of hydrogen-bond donors (Lipinski definition) is 1. The minimum atomic E-state index is 0.218. The van der Waals surface area contributed by atoms with Crippen LogP contribution >= 0.6 is 11.8 Å². The minimum Gasteiger partial charge on any atom is -0.496 e. The van der Waals surface area contributed by atoms with Crippen molar-refractivity contribution in [3.63, 3.8) is 0 Å². The lowest BCUT2D eigenvalue weighted by molar-refractivity contribution is 0.375. The van der Waals surface area contributed by atoms with Crippen molar-refractivity contribution in [2.24, 2.45) is 0 Å². The molecule has 20 heavy (non-hydrogen) atoms. The normalized spacial score (nSPS) is 13.1. The van der Waals surface area contributed by atoms with Crippen LogP contribution in [0, 0.1) is 0 Å². The van der Waals surface area contributed by atoms with Crippen molar-refractivity contribution in [2.45, 2.75) is 38.5 Å². The molecule has 3 nitrogen and oxygen atoms in total. The van der Waals surface area contributed by atoms with Gasteiger partial charge in [0.2, 0.25) is 0 Å². The molecule has 1 aromatic carbocycles. The summed E-state index contributed by atoms with van der Waals surface area (Å²) in [5, 5.41) is 3.54. The molecule has 1 N–H and O–H groups in total. The van der Waals surface area contributed by atoms with Crippen molar-refractivity contribution in [1.29, 1.82) is 0 Å². The SMILES string of the molecule is CCNC(CSC(C)(C)C)c1c(OC)cccc1OC. The van der Waals surface area contributed by atoms with Crippen LogP contribution in [0.25, 0.3) is 0 Å². The van der Waals surface area contributed by atoms with Gasteiger partial charge in [-0.25, -0.2) is 0 Å². The highest BCUT2D eigenvalue weighted by Crippen LogP contribution is 2.37. The summed E-state index contributed by atoms with van der Waals surface area (Å²) in [5.74, 6) is 2.74. The number of nitrogens with one attached hydrogen (secondary N) is 1. The third-order valence-corrected chi connectivity index (χ3v) is 4.31. The molecule has 0 aliphatic carbocycles. The lowest BCUT2D eigenvalue weighted by Crippen LogP contribution is -2.26. The van der Waals surface area contributed by atoms with Crippen molar-refractivity contribution in [3.8, 4) is 11.5 Å². The van der Waals surface area contributed by atoms with Gasteiger partial charge in [-0.05, 0) is 18.7 Å². The molecule has 0 fully saturated rings. The highest BCUT2D eigenvalue weighted by atomic mass is 32.2. The Morgan fingerprint density at radius 2 is 1.70 bits per heavy atom. The van der Waals surface area contributed by atoms with Gasteiger partial charge in [0.15, 0.2) is 0 Å². The Morgan fingerprint density at radius 1 is 1.15 bits per heavy atom. The van der Waals surface area contributed by atoms with E-state index in [-0.39, 0.29) is 10.8 Å². The molecular formula is C16H27NO2S. The summed E-state index contributed by atoms with van der Waals surface area (Å²) in [6, 6.07) is 6.16. The summed E-state index contributed by atoms with van der Waals surface area (Å²) in [6.07, 6.45) is 0. The van der Waals surface area contributed by atoms with E-state index in [1.54, 1.807) is 14.2 Å². The second kappa shape index (κ2) is 7.79. The highest BCUT2D eigenvalue weighted by Gasteiger charge is 2.22. The second-order valence-electron chi connectivity index (χ2n) is 5.61. The summed E-state index contributed by atoms with van der Waals surface area (Å²) in [7, 11) is 3.41. The molecule has 1 unspecified atom stereocenters. The van der Waals surface area contributed by atoms with E-state index in [0.717, 1.165) is 29.4 Å². The summed E-state index contributed by atoms with van der Waals surface area (Å²) < 4.78 is 11.3. The first-order valence-corrected chi connectivity index (χ1v) is 7.99. The average molecular weight is 297 g/mol. The zero-order chi connectivity index (χ0) is 15.2.